The Kier molecular flexibility index (Phi) is 5.48. The summed E-state index contributed by atoms with van der Waals surface area (Å²) < 4.78 is 0.982. The molecular formula is C14H21BrClN3. The van der Waals surface area contributed by atoms with Gasteiger partial charge in [0.25, 0.3) is 0 Å². The molecule has 0 radical (unpaired) electrons. The number of aromatic nitrogens is 1. The first-order valence-electron chi connectivity index (χ1n) is 6.86. The van der Waals surface area contributed by atoms with E-state index < -0.39 is 0 Å². The lowest BCUT2D eigenvalue weighted by Crippen LogP contribution is -2.39. The van der Waals surface area contributed by atoms with E-state index in [1.54, 1.807) is 6.20 Å². The van der Waals surface area contributed by atoms with Crippen molar-refractivity contribution in [2.24, 2.45) is 5.92 Å². The fraction of sp³-hybridized carbons (Fsp3) is 0.643. The molecule has 2 heterocycles. The number of hydrogen-bond donors (Lipinski definition) is 1. The number of rotatable bonds is 5. The summed E-state index contributed by atoms with van der Waals surface area (Å²) in [7, 11) is 0. The summed E-state index contributed by atoms with van der Waals surface area (Å²) in [5, 5.41) is 4.22. The fourth-order valence-electron chi connectivity index (χ4n) is 2.48. The molecule has 2 rings (SSSR count). The van der Waals surface area contributed by atoms with Crippen LogP contribution in [0, 0.1) is 5.92 Å². The van der Waals surface area contributed by atoms with Crippen LogP contribution >= 0.6 is 27.5 Å². The Morgan fingerprint density at radius 1 is 1.58 bits per heavy atom. The molecule has 0 spiro atoms. The quantitative estimate of drug-likeness (QED) is 0.881. The maximum atomic E-state index is 5.96. The summed E-state index contributed by atoms with van der Waals surface area (Å²) in [5.74, 6) is 1.70. The van der Waals surface area contributed by atoms with Crippen molar-refractivity contribution in [3.05, 3.63) is 21.8 Å². The smallest absolute Gasteiger partial charge is 0.143 e. The van der Waals surface area contributed by atoms with Crippen molar-refractivity contribution in [2.75, 3.05) is 24.5 Å². The van der Waals surface area contributed by atoms with Crippen LogP contribution in [0.5, 0.6) is 0 Å². The van der Waals surface area contributed by atoms with Crippen LogP contribution in [-0.4, -0.2) is 30.7 Å². The molecule has 1 aromatic heterocycles. The average Bonchev–Trinajstić information content (AvgIpc) is 2.77. The summed E-state index contributed by atoms with van der Waals surface area (Å²) >= 11 is 9.52. The number of halogens is 2. The highest BCUT2D eigenvalue weighted by atomic mass is 79.9. The van der Waals surface area contributed by atoms with Crippen LogP contribution in [-0.2, 0) is 0 Å². The van der Waals surface area contributed by atoms with E-state index in [0.29, 0.717) is 17.0 Å². The number of hydrogen-bond acceptors (Lipinski definition) is 3. The Bertz CT molecular complexity index is 425. The number of anilines is 1. The van der Waals surface area contributed by atoms with Gasteiger partial charge in [-0.25, -0.2) is 4.98 Å². The molecule has 3 nitrogen and oxygen atoms in total. The Hall–Kier alpha value is -0.320. The van der Waals surface area contributed by atoms with Crippen molar-refractivity contribution in [3.63, 3.8) is 0 Å². The van der Waals surface area contributed by atoms with Gasteiger partial charge in [0.1, 0.15) is 5.82 Å². The van der Waals surface area contributed by atoms with Crippen LogP contribution in [0.4, 0.5) is 5.82 Å². The lowest BCUT2D eigenvalue weighted by molar-refractivity contribution is 0.511. The molecule has 1 aromatic rings. The van der Waals surface area contributed by atoms with Gasteiger partial charge in [0.2, 0.25) is 0 Å². The van der Waals surface area contributed by atoms with E-state index in [0.717, 1.165) is 29.9 Å². The molecule has 1 aliphatic heterocycles. The lowest BCUT2D eigenvalue weighted by Gasteiger charge is -2.27. The highest BCUT2D eigenvalue weighted by Gasteiger charge is 2.26. The van der Waals surface area contributed by atoms with E-state index in [1.165, 1.54) is 12.8 Å². The molecule has 5 heteroatoms. The van der Waals surface area contributed by atoms with Crippen molar-refractivity contribution in [2.45, 2.75) is 32.7 Å². The van der Waals surface area contributed by atoms with Gasteiger partial charge in [0.15, 0.2) is 0 Å². The van der Waals surface area contributed by atoms with Gasteiger partial charge in [0, 0.05) is 25.3 Å². The molecule has 0 aromatic carbocycles. The zero-order valence-electron chi connectivity index (χ0n) is 11.5. The van der Waals surface area contributed by atoms with Gasteiger partial charge >= 0.3 is 0 Å². The molecule has 1 N–H and O–H groups in total. The number of pyridine rings is 1. The van der Waals surface area contributed by atoms with E-state index in [9.17, 15) is 0 Å². The maximum Gasteiger partial charge on any atom is 0.143 e. The minimum atomic E-state index is 0.531. The first kappa shape index (κ1) is 15.1. The molecular weight excluding hydrogens is 326 g/mol. The van der Waals surface area contributed by atoms with Crippen LogP contribution in [0.25, 0.3) is 0 Å². The fourth-order valence-corrected chi connectivity index (χ4v) is 3.35. The third kappa shape index (κ3) is 4.07. The van der Waals surface area contributed by atoms with E-state index in [-0.39, 0.29) is 0 Å². The molecule has 1 fully saturated rings. The largest absolute Gasteiger partial charge is 0.351 e. The molecule has 1 atom stereocenters. The molecule has 1 saturated heterocycles. The first-order chi connectivity index (χ1) is 9.08. The summed E-state index contributed by atoms with van der Waals surface area (Å²) in [6, 6.07) is 2.45. The van der Waals surface area contributed by atoms with E-state index >= 15 is 0 Å². The molecule has 106 valence electrons. The van der Waals surface area contributed by atoms with Crippen molar-refractivity contribution in [1.29, 1.82) is 0 Å². The highest BCUT2D eigenvalue weighted by Crippen LogP contribution is 2.31. The maximum absolute atomic E-state index is 5.96. The SMILES string of the molecule is CC(C)CNCC1CCCN1c1ncc(Cl)cc1Br. The molecule has 1 unspecified atom stereocenters. The van der Waals surface area contributed by atoms with Gasteiger partial charge in [-0.15, -0.1) is 0 Å². The van der Waals surface area contributed by atoms with Crippen LogP contribution < -0.4 is 10.2 Å². The van der Waals surface area contributed by atoms with Gasteiger partial charge in [-0.3, -0.25) is 0 Å². The van der Waals surface area contributed by atoms with Gasteiger partial charge in [0.05, 0.1) is 9.50 Å². The minimum Gasteiger partial charge on any atom is -0.351 e. The second-order valence-corrected chi connectivity index (χ2v) is 6.79. The molecule has 1 aliphatic rings. The summed E-state index contributed by atoms with van der Waals surface area (Å²) in [6.07, 6.45) is 4.17. The number of nitrogens with one attached hydrogen (secondary N) is 1. The van der Waals surface area contributed by atoms with Gasteiger partial charge in [-0.05, 0) is 47.3 Å². The third-order valence-corrected chi connectivity index (χ3v) is 4.16. The van der Waals surface area contributed by atoms with Gasteiger partial charge in [-0.1, -0.05) is 25.4 Å². The Morgan fingerprint density at radius 2 is 2.37 bits per heavy atom. The summed E-state index contributed by atoms with van der Waals surface area (Å²) in [6.45, 7) is 7.63. The van der Waals surface area contributed by atoms with Crippen LogP contribution in [0.1, 0.15) is 26.7 Å². The van der Waals surface area contributed by atoms with Crippen molar-refractivity contribution < 1.29 is 0 Å². The predicted octanol–water partition coefficient (Wildman–Crippen LogP) is 3.71. The monoisotopic (exact) mass is 345 g/mol. The second kappa shape index (κ2) is 6.91. The topological polar surface area (TPSA) is 28.2 Å². The standard InChI is InChI=1S/C14H21BrClN3/c1-10(2)7-17-9-12-4-3-5-19(12)14-13(15)6-11(16)8-18-14/h6,8,10,12,17H,3-5,7,9H2,1-2H3. The van der Waals surface area contributed by atoms with Crippen molar-refractivity contribution in [3.8, 4) is 0 Å². The molecule has 0 saturated carbocycles. The van der Waals surface area contributed by atoms with Crippen LogP contribution in [0.2, 0.25) is 5.02 Å². The highest BCUT2D eigenvalue weighted by molar-refractivity contribution is 9.10. The predicted molar refractivity (Wildman–Crippen MR) is 85.0 cm³/mol. The first-order valence-corrected chi connectivity index (χ1v) is 8.03. The normalized spacial score (nSPS) is 19.4. The minimum absolute atomic E-state index is 0.531. The second-order valence-electron chi connectivity index (χ2n) is 5.50. The van der Waals surface area contributed by atoms with Crippen molar-refractivity contribution in [1.82, 2.24) is 10.3 Å². The van der Waals surface area contributed by atoms with Crippen molar-refractivity contribution >= 4 is 33.3 Å². The van der Waals surface area contributed by atoms with Crippen LogP contribution in [0.3, 0.4) is 0 Å². The molecule has 0 bridgehead atoms. The summed E-state index contributed by atoms with van der Waals surface area (Å²) in [5.41, 5.74) is 0. The molecule has 0 amide bonds. The summed E-state index contributed by atoms with van der Waals surface area (Å²) in [4.78, 5) is 6.86. The number of nitrogens with zero attached hydrogens (tertiary/aromatic N) is 2. The molecule has 0 aliphatic carbocycles. The zero-order valence-corrected chi connectivity index (χ0v) is 13.8. The zero-order chi connectivity index (χ0) is 13.8. The van der Waals surface area contributed by atoms with Gasteiger partial charge < -0.3 is 10.2 Å². The Labute approximate surface area is 128 Å². The Morgan fingerprint density at radius 3 is 3.05 bits per heavy atom. The van der Waals surface area contributed by atoms with Gasteiger partial charge in [-0.2, -0.15) is 0 Å². The van der Waals surface area contributed by atoms with E-state index in [2.05, 4.69) is 45.0 Å². The van der Waals surface area contributed by atoms with Crippen LogP contribution in [0.15, 0.2) is 16.7 Å². The lowest BCUT2D eigenvalue weighted by atomic mass is 10.2. The Balaban J connectivity index is 2.01. The van der Waals surface area contributed by atoms with E-state index in [1.807, 2.05) is 6.07 Å². The molecule has 19 heavy (non-hydrogen) atoms. The van der Waals surface area contributed by atoms with E-state index in [4.69, 9.17) is 11.6 Å². The third-order valence-electron chi connectivity index (χ3n) is 3.37. The average molecular weight is 347 g/mol.